The zero-order valence-corrected chi connectivity index (χ0v) is 12.0. The standard InChI is InChI=1S/C13H18N4O3/c1-17-8-10(15-16-17)7-14-9-5-11(18-2)13(20-4)12(6-9)19-3/h5-6,8,14H,7H2,1-4H3. The molecule has 1 aromatic carbocycles. The number of aryl methyl sites for hydroxylation is 1. The van der Waals surface area contributed by atoms with Crippen molar-refractivity contribution < 1.29 is 14.2 Å². The number of anilines is 1. The highest BCUT2D eigenvalue weighted by molar-refractivity contribution is 5.62. The van der Waals surface area contributed by atoms with Crippen LogP contribution in [0.25, 0.3) is 0 Å². The highest BCUT2D eigenvalue weighted by atomic mass is 16.5. The summed E-state index contributed by atoms with van der Waals surface area (Å²) < 4.78 is 17.5. The van der Waals surface area contributed by atoms with Gasteiger partial charge >= 0.3 is 0 Å². The molecule has 0 saturated carbocycles. The average molecular weight is 278 g/mol. The zero-order valence-electron chi connectivity index (χ0n) is 12.0. The first-order valence-electron chi connectivity index (χ1n) is 6.07. The molecule has 0 bridgehead atoms. The van der Waals surface area contributed by atoms with Gasteiger partial charge in [-0.05, 0) is 0 Å². The first-order valence-corrected chi connectivity index (χ1v) is 6.07. The Labute approximate surface area is 117 Å². The summed E-state index contributed by atoms with van der Waals surface area (Å²) in [6.07, 6.45) is 1.85. The molecule has 2 rings (SSSR count). The van der Waals surface area contributed by atoms with Crippen LogP contribution in [0.4, 0.5) is 5.69 Å². The molecule has 7 nitrogen and oxygen atoms in total. The van der Waals surface area contributed by atoms with E-state index >= 15 is 0 Å². The predicted molar refractivity (Wildman–Crippen MR) is 74.4 cm³/mol. The van der Waals surface area contributed by atoms with Gasteiger partial charge in [0.05, 0.1) is 27.9 Å². The van der Waals surface area contributed by atoms with Crippen LogP contribution >= 0.6 is 0 Å². The van der Waals surface area contributed by atoms with Crippen molar-refractivity contribution in [1.82, 2.24) is 15.0 Å². The van der Waals surface area contributed by atoms with Crippen molar-refractivity contribution in [2.45, 2.75) is 6.54 Å². The maximum absolute atomic E-state index is 5.30. The van der Waals surface area contributed by atoms with E-state index in [0.29, 0.717) is 23.8 Å². The molecule has 7 heteroatoms. The Morgan fingerprint density at radius 1 is 1.10 bits per heavy atom. The van der Waals surface area contributed by atoms with Gasteiger partial charge in [-0.1, -0.05) is 5.21 Å². The molecule has 0 amide bonds. The van der Waals surface area contributed by atoms with Crippen LogP contribution in [0.2, 0.25) is 0 Å². The van der Waals surface area contributed by atoms with Crippen molar-refractivity contribution >= 4 is 5.69 Å². The number of nitrogens with zero attached hydrogens (tertiary/aromatic N) is 3. The number of hydrogen-bond donors (Lipinski definition) is 1. The van der Waals surface area contributed by atoms with Crippen LogP contribution < -0.4 is 19.5 Å². The van der Waals surface area contributed by atoms with E-state index in [2.05, 4.69) is 15.6 Å². The van der Waals surface area contributed by atoms with Crippen molar-refractivity contribution in [3.05, 3.63) is 24.0 Å². The summed E-state index contributed by atoms with van der Waals surface area (Å²) in [6, 6.07) is 3.69. The van der Waals surface area contributed by atoms with Gasteiger partial charge in [0.25, 0.3) is 0 Å². The van der Waals surface area contributed by atoms with E-state index in [1.54, 1.807) is 26.0 Å². The highest BCUT2D eigenvalue weighted by Crippen LogP contribution is 2.39. The van der Waals surface area contributed by atoms with Crippen LogP contribution in [0.1, 0.15) is 5.69 Å². The third kappa shape index (κ3) is 2.93. The molecule has 1 N–H and O–H groups in total. The van der Waals surface area contributed by atoms with Gasteiger partial charge in [0.2, 0.25) is 5.75 Å². The molecule has 0 aliphatic rings. The predicted octanol–water partition coefficient (Wildman–Crippen LogP) is 1.45. The van der Waals surface area contributed by atoms with Crippen LogP contribution in [0.5, 0.6) is 17.2 Å². The molecule has 108 valence electrons. The van der Waals surface area contributed by atoms with E-state index in [1.165, 1.54) is 0 Å². The Balaban J connectivity index is 2.19. The van der Waals surface area contributed by atoms with Gasteiger partial charge in [0, 0.05) is 31.1 Å². The topological polar surface area (TPSA) is 70.4 Å². The minimum atomic E-state index is 0.562. The van der Waals surface area contributed by atoms with E-state index in [1.807, 2.05) is 25.4 Å². The van der Waals surface area contributed by atoms with Gasteiger partial charge < -0.3 is 19.5 Å². The molecule has 0 aliphatic heterocycles. The lowest BCUT2D eigenvalue weighted by atomic mass is 10.2. The summed E-state index contributed by atoms with van der Waals surface area (Å²) in [5.74, 6) is 1.78. The molecule has 0 fully saturated rings. The molecule has 0 saturated heterocycles. The molecule has 0 spiro atoms. The van der Waals surface area contributed by atoms with Crippen molar-refractivity contribution in [3.8, 4) is 17.2 Å². The van der Waals surface area contributed by atoms with Crippen LogP contribution in [-0.2, 0) is 13.6 Å². The van der Waals surface area contributed by atoms with E-state index in [4.69, 9.17) is 14.2 Å². The number of benzene rings is 1. The number of nitrogens with one attached hydrogen (secondary N) is 1. The highest BCUT2D eigenvalue weighted by Gasteiger charge is 2.13. The van der Waals surface area contributed by atoms with Crippen molar-refractivity contribution in [3.63, 3.8) is 0 Å². The SMILES string of the molecule is COc1cc(NCc2cn(C)nn2)cc(OC)c1OC. The van der Waals surface area contributed by atoms with Crippen molar-refractivity contribution in [1.29, 1.82) is 0 Å². The van der Waals surface area contributed by atoms with Gasteiger partial charge in [-0.2, -0.15) is 0 Å². The third-order valence-electron chi connectivity index (χ3n) is 2.79. The zero-order chi connectivity index (χ0) is 14.5. The van der Waals surface area contributed by atoms with E-state index in [9.17, 15) is 0 Å². The number of methoxy groups -OCH3 is 3. The molecule has 2 aromatic rings. The summed E-state index contributed by atoms with van der Waals surface area (Å²) in [7, 11) is 6.58. The summed E-state index contributed by atoms with van der Waals surface area (Å²) in [5.41, 5.74) is 1.70. The second-order valence-corrected chi connectivity index (χ2v) is 4.15. The minimum absolute atomic E-state index is 0.562. The molecule has 1 aromatic heterocycles. The summed E-state index contributed by atoms with van der Waals surface area (Å²) in [5, 5.41) is 11.1. The average Bonchev–Trinajstić information content (AvgIpc) is 2.89. The van der Waals surface area contributed by atoms with Gasteiger partial charge in [0.1, 0.15) is 5.69 Å². The van der Waals surface area contributed by atoms with Gasteiger partial charge in [-0.25, -0.2) is 0 Å². The van der Waals surface area contributed by atoms with Gasteiger partial charge in [-0.3, -0.25) is 4.68 Å². The second kappa shape index (κ2) is 6.14. The van der Waals surface area contributed by atoms with Crippen molar-refractivity contribution in [2.75, 3.05) is 26.6 Å². The lowest BCUT2D eigenvalue weighted by molar-refractivity contribution is 0.324. The molecule has 0 aliphatic carbocycles. The van der Waals surface area contributed by atoms with E-state index < -0.39 is 0 Å². The lowest BCUT2D eigenvalue weighted by Crippen LogP contribution is -2.02. The summed E-state index contributed by atoms with van der Waals surface area (Å²) in [4.78, 5) is 0. The molecule has 1 heterocycles. The van der Waals surface area contributed by atoms with Gasteiger partial charge in [-0.15, -0.1) is 5.10 Å². The molecular formula is C13H18N4O3. The van der Waals surface area contributed by atoms with Crippen LogP contribution in [-0.4, -0.2) is 36.3 Å². The fourth-order valence-corrected chi connectivity index (χ4v) is 1.85. The minimum Gasteiger partial charge on any atom is -0.493 e. The van der Waals surface area contributed by atoms with E-state index in [-0.39, 0.29) is 0 Å². The van der Waals surface area contributed by atoms with Crippen LogP contribution in [0.3, 0.4) is 0 Å². The maximum atomic E-state index is 5.30. The first-order chi connectivity index (χ1) is 9.67. The fourth-order valence-electron chi connectivity index (χ4n) is 1.85. The Bertz CT molecular complexity index is 558. The Hall–Kier alpha value is -2.44. The molecule has 0 unspecified atom stereocenters. The molecule has 0 radical (unpaired) electrons. The summed E-state index contributed by atoms with van der Waals surface area (Å²) >= 11 is 0. The van der Waals surface area contributed by atoms with Crippen LogP contribution in [0.15, 0.2) is 18.3 Å². The third-order valence-corrected chi connectivity index (χ3v) is 2.79. The molecule has 20 heavy (non-hydrogen) atoms. The molecule has 0 atom stereocenters. The normalized spacial score (nSPS) is 10.2. The Morgan fingerprint density at radius 3 is 2.20 bits per heavy atom. The Morgan fingerprint density at radius 2 is 1.75 bits per heavy atom. The maximum Gasteiger partial charge on any atom is 0.203 e. The summed E-state index contributed by atoms with van der Waals surface area (Å²) in [6.45, 7) is 0.562. The fraction of sp³-hybridized carbons (Fsp3) is 0.385. The quantitative estimate of drug-likeness (QED) is 0.862. The van der Waals surface area contributed by atoms with Gasteiger partial charge in [0.15, 0.2) is 11.5 Å². The Kier molecular flexibility index (Phi) is 4.29. The largest absolute Gasteiger partial charge is 0.493 e. The number of aromatic nitrogens is 3. The first kappa shape index (κ1) is 14.0. The lowest BCUT2D eigenvalue weighted by Gasteiger charge is -2.14. The number of rotatable bonds is 6. The second-order valence-electron chi connectivity index (χ2n) is 4.15. The monoisotopic (exact) mass is 278 g/mol. The van der Waals surface area contributed by atoms with E-state index in [0.717, 1.165) is 11.4 Å². The molecular weight excluding hydrogens is 260 g/mol. The van der Waals surface area contributed by atoms with Crippen molar-refractivity contribution in [2.24, 2.45) is 7.05 Å². The number of hydrogen-bond acceptors (Lipinski definition) is 6. The smallest absolute Gasteiger partial charge is 0.203 e. The van der Waals surface area contributed by atoms with Crippen LogP contribution in [0, 0.1) is 0 Å². The number of ether oxygens (including phenoxy) is 3.